The van der Waals surface area contributed by atoms with E-state index >= 15 is 0 Å². The summed E-state index contributed by atoms with van der Waals surface area (Å²) in [5.74, 6) is 0. The van der Waals surface area contributed by atoms with E-state index in [9.17, 15) is 10.1 Å². The van der Waals surface area contributed by atoms with Gasteiger partial charge in [-0.25, -0.2) is 4.98 Å². The van der Waals surface area contributed by atoms with E-state index < -0.39 is 4.92 Å². The van der Waals surface area contributed by atoms with Crippen molar-refractivity contribution in [3.05, 3.63) is 46.1 Å². The number of hydrogen-bond donors (Lipinski definition) is 0. The molecule has 0 N–H and O–H groups in total. The van der Waals surface area contributed by atoms with E-state index in [1.807, 2.05) is 25.1 Å². The molecule has 0 spiro atoms. The van der Waals surface area contributed by atoms with E-state index in [0.29, 0.717) is 0 Å². The number of pyridine rings is 1. The fraction of sp³-hybridized carbons (Fsp3) is 0.100. The summed E-state index contributed by atoms with van der Waals surface area (Å²) in [6.07, 6.45) is 1.28. The van der Waals surface area contributed by atoms with E-state index in [1.165, 1.54) is 6.20 Å². The van der Waals surface area contributed by atoms with Crippen LogP contribution in [0, 0.1) is 17.0 Å². The lowest BCUT2D eigenvalue weighted by molar-refractivity contribution is -0.385. The van der Waals surface area contributed by atoms with Crippen molar-refractivity contribution in [3.8, 4) is 0 Å². The van der Waals surface area contributed by atoms with Crippen molar-refractivity contribution in [2.24, 2.45) is 0 Å². The molecule has 0 fully saturated rings. The first-order valence-electron chi connectivity index (χ1n) is 4.18. The number of hydrogen-bond acceptors (Lipinski definition) is 3. The van der Waals surface area contributed by atoms with Gasteiger partial charge in [0.15, 0.2) is 0 Å². The third-order valence-corrected chi connectivity index (χ3v) is 2.14. The van der Waals surface area contributed by atoms with Crippen LogP contribution in [0.4, 0.5) is 5.69 Å². The maximum Gasteiger partial charge on any atom is 0.288 e. The van der Waals surface area contributed by atoms with E-state index in [2.05, 4.69) is 4.98 Å². The molecule has 0 aliphatic rings. The highest BCUT2D eigenvalue weighted by atomic mass is 16.6. The Morgan fingerprint density at radius 1 is 1.43 bits per heavy atom. The first-order chi connectivity index (χ1) is 6.68. The molecule has 4 nitrogen and oxygen atoms in total. The predicted molar refractivity (Wildman–Crippen MR) is 53.1 cm³/mol. The highest BCUT2D eigenvalue weighted by Crippen LogP contribution is 2.20. The zero-order valence-electron chi connectivity index (χ0n) is 7.60. The Morgan fingerprint density at radius 2 is 2.21 bits per heavy atom. The topological polar surface area (TPSA) is 56.0 Å². The number of fused-ring (bicyclic) bond motifs is 1. The Bertz CT molecular complexity index is 508. The quantitative estimate of drug-likeness (QED) is 0.510. The van der Waals surface area contributed by atoms with Crippen LogP contribution >= 0.6 is 0 Å². The van der Waals surface area contributed by atoms with Crippen LogP contribution in [-0.4, -0.2) is 9.91 Å². The van der Waals surface area contributed by atoms with E-state index in [4.69, 9.17) is 0 Å². The number of rotatable bonds is 1. The second kappa shape index (κ2) is 3.06. The lowest BCUT2D eigenvalue weighted by Gasteiger charge is -1.99. The summed E-state index contributed by atoms with van der Waals surface area (Å²) < 4.78 is 0. The molecular weight excluding hydrogens is 180 g/mol. The monoisotopic (exact) mass is 188 g/mol. The molecule has 0 aliphatic heterocycles. The van der Waals surface area contributed by atoms with E-state index in [0.717, 1.165) is 16.5 Å². The number of aromatic nitrogens is 1. The smallest absolute Gasteiger partial charge is 0.258 e. The summed E-state index contributed by atoms with van der Waals surface area (Å²) in [5.41, 5.74) is 1.82. The number of nitrogens with zero attached hydrogens (tertiary/aromatic N) is 2. The minimum Gasteiger partial charge on any atom is -0.258 e. The van der Waals surface area contributed by atoms with Crippen molar-refractivity contribution < 1.29 is 4.92 Å². The van der Waals surface area contributed by atoms with Gasteiger partial charge >= 0.3 is 0 Å². The second-order valence-corrected chi connectivity index (χ2v) is 3.09. The summed E-state index contributed by atoms with van der Waals surface area (Å²) in [4.78, 5) is 14.1. The summed E-state index contributed by atoms with van der Waals surface area (Å²) in [6, 6.07) is 7.19. The van der Waals surface area contributed by atoms with Crippen molar-refractivity contribution in [3.63, 3.8) is 0 Å². The van der Waals surface area contributed by atoms with Crippen LogP contribution in [0.1, 0.15) is 5.56 Å². The van der Waals surface area contributed by atoms with Crippen LogP contribution in [0.2, 0.25) is 0 Å². The first-order valence-corrected chi connectivity index (χ1v) is 4.18. The van der Waals surface area contributed by atoms with Gasteiger partial charge in [0.05, 0.1) is 10.4 Å². The molecule has 1 aromatic heterocycles. The average Bonchev–Trinajstić information content (AvgIpc) is 2.18. The Kier molecular flexibility index (Phi) is 1.89. The van der Waals surface area contributed by atoms with Crippen molar-refractivity contribution in [1.82, 2.24) is 4.98 Å². The SMILES string of the molecule is Cc1cccc2ncc([N+](=O)[O-])cc12. The van der Waals surface area contributed by atoms with Gasteiger partial charge in [-0.1, -0.05) is 12.1 Å². The Morgan fingerprint density at radius 3 is 2.93 bits per heavy atom. The molecule has 0 atom stereocenters. The van der Waals surface area contributed by atoms with Crippen molar-refractivity contribution in [2.75, 3.05) is 0 Å². The zero-order valence-corrected chi connectivity index (χ0v) is 7.60. The molecule has 0 saturated heterocycles. The van der Waals surface area contributed by atoms with E-state index in [-0.39, 0.29) is 5.69 Å². The summed E-state index contributed by atoms with van der Waals surface area (Å²) in [7, 11) is 0. The zero-order chi connectivity index (χ0) is 10.1. The number of benzene rings is 1. The molecule has 0 unspecified atom stereocenters. The third kappa shape index (κ3) is 1.31. The molecule has 0 aliphatic carbocycles. The van der Waals surface area contributed by atoms with Crippen molar-refractivity contribution in [1.29, 1.82) is 0 Å². The molecule has 4 heteroatoms. The van der Waals surface area contributed by atoms with Crippen LogP contribution in [0.5, 0.6) is 0 Å². The standard InChI is InChI=1S/C10H8N2O2/c1-7-3-2-4-10-9(7)5-8(6-11-10)12(13)14/h2-6H,1H3. The van der Waals surface area contributed by atoms with Gasteiger partial charge in [-0.15, -0.1) is 0 Å². The molecule has 70 valence electrons. The largest absolute Gasteiger partial charge is 0.288 e. The maximum absolute atomic E-state index is 10.5. The second-order valence-electron chi connectivity index (χ2n) is 3.09. The molecule has 1 heterocycles. The molecule has 2 rings (SSSR count). The lowest BCUT2D eigenvalue weighted by atomic mass is 10.1. The molecule has 0 amide bonds. The maximum atomic E-state index is 10.5. The van der Waals surface area contributed by atoms with Gasteiger partial charge < -0.3 is 0 Å². The average molecular weight is 188 g/mol. The van der Waals surface area contributed by atoms with Gasteiger partial charge in [-0.3, -0.25) is 10.1 Å². The van der Waals surface area contributed by atoms with Crippen LogP contribution in [0.3, 0.4) is 0 Å². The molecule has 0 radical (unpaired) electrons. The van der Waals surface area contributed by atoms with Gasteiger partial charge in [-0.05, 0) is 18.6 Å². The van der Waals surface area contributed by atoms with Gasteiger partial charge in [0.2, 0.25) is 0 Å². The molecule has 2 aromatic rings. The Labute approximate surface area is 80.4 Å². The highest BCUT2D eigenvalue weighted by Gasteiger charge is 2.07. The summed E-state index contributed by atoms with van der Waals surface area (Å²) in [5, 5.41) is 11.4. The highest BCUT2D eigenvalue weighted by molar-refractivity contribution is 5.83. The molecule has 14 heavy (non-hydrogen) atoms. The van der Waals surface area contributed by atoms with Crippen molar-refractivity contribution in [2.45, 2.75) is 6.92 Å². The number of nitro groups is 1. The third-order valence-electron chi connectivity index (χ3n) is 2.14. The molecule has 0 bridgehead atoms. The summed E-state index contributed by atoms with van der Waals surface area (Å²) in [6.45, 7) is 1.91. The lowest BCUT2D eigenvalue weighted by Crippen LogP contribution is -1.90. The van der Waals surface area contributed by atoms with E-state index in [1.54, 1.807) is 6.07 Å². The number of aryl methyl sites for hydroxylation is 1. The van der Waals surface area contributed by atoms with Crippen LogP contribution in [-0.2, 0) is 0 Å². The fourth-order valence-electron chi connectivity index (χ4n) is 1.39. The minimum absolute atomic E-state index is 0.0341. The van der Waals surface area contributed by atoms with Crippen LogP contribution < -0.4 is 0 Å². The molecule has 1 aromatic carbocycles. The first kappa shape index (κ1) is 8.62. The van der Waals surface area contributed by atoms with Crippen molar-refractivity contribution >= 4 is 16.6 Å². The van der Waals surface area contributed by atoms with Crippen LogP contribution in [0.25, 0.3) is 10.9 Å². The summed E-state index contributed by atoms with van der Waals surface area (Å²) >= 11 is 0. The Balaban J connectivity index is 2.76. The van der Waals surface area contributed by atoms with Gasteiger partial charge in [0, 0.05) is 11.5 Å². The van der Waals surface area contributed by atoms with Gasteiger partial charge in [0.25, 0.3) is 5.69 Å². The minimum atomic E-state index is -0.432. The molecular formula is C10H8N2O2. The fourth-order valence-corrected chi connectivity index (χ4v) is 1.39. The van der Waals surface area contributed by atoms with Gasteiger partial charge in [0.1, 0.15) is 6.20 Å². The van der Waals surface area contributed by atoms with Gasteiger partial charge in [-0.2, -0.15) is 0 Å². The normalized spacial score (nSPS) is 10.4. The van der Waals surface area contributed by atoms with Crippen LogP contribution in [0.15, 0.2) is 30.5 Å². The Hall–Kier alpha value is -1.97. The predicted octanol–water partition coefficient (Wildman–Crippen LogP) is 2.45. The molecule has 0 saturated carbocycles.